The summed E-state index contributed by atoms with van der Waals surface area (Å²) < 4.78 is 7.94. The van der Waals surface area contributed by atoms with Crippen molar-refractivity contribution < 1.29 is 9.84 Å². The molecule has 0 spiro atoms. The van der Waals surface area contributed by atoms with Gasteiger partial charge in [0.25, 0.3) is 0 Å². The maximum Gasteiger partial charge on any atom is 0.152 e. The number of aromatic nitrogens is 1. The van der Waals surface area contributed by atoms with Crippen LogP contribution in [0.2, 0.25) is 0 Å². The molecule has 20 heavy (non-hydrogen) atoms. The molecule has 0 saturated carbocycles. The Labute approximate surface area is 118 Å². The second-order valence-corrected chi connectivity index (χ2v) is 5.65. The topological polar surface area (TPSA) is 42.4 Å². The average molecular weight is 281 g/mol. The van der Waals surface area contributed by atoms with Gasteiger partial charge in [-0.3, -0.25) is 4.98 Å². The van der Waals surface area contributed by atoms with E-state index >= 15 is 0 Å². The number of ether oxygens (including phenoxy) is 1. The van der Waals surface area contributed by atoms with Gasteiger partial charge in [0.2, 0.25) is 0 Å². The molecule has 1 aliphatic heterocycles. The number of aliphatic hydroxyl groups is 1. The van der Waals surface area contributed by atoms with Crippen LogP contribution in [-0.4, -0.2) is 10.1 Å². The Bertz CT molecular complexity index is 967. The Morgan fingerprint density at radius 1 is 1.25 bits per heavy atom. The van der Waals surface area contributed by atoms with Crippen LogP contribution >= 0.6 is 11.3 Å². The normalized spacial score (nSPS) is 14.2. The summed E-state index contributed by atoms with van der Waals surface area (Å²) >= 11 is 1.70. The van der Waals surface area contributed by atoms with Gasteiger partial charge in [-0.1, -0.05) is 12.2 Å². The van der Waals surface area contributed by atoms with Crippen LogP contribution in [0.1, 0.15) is 11.3 Å². The Morgan fingerprint density at radius 3 is 3.10 bits per heavy atom. The minimum atomic E-state index is -0.0503. The first-order valence-corrected chi connectivity index (χ1v) is 7.13. The second kappa shape index (κ2) is 4.44. The molecule has 1 N–H and O–H groups in total. The zero-order valence-electron chi connectivity index (χ0n) is 10.5. The molecule has 4 heteroatoms. The summed E-state index contributed by atoms with van der Waals surface area (Å²) in [4.78, 5) is 4.25. The van der Waals surface area contributed by atoms with E-state index in [-0.39, 0.29) is 6.61 Å². The fourth-order valence-corrected chi connectivity index (χ4v) is 3.61. The van der Waals surface area contributed by atoms with Crippen LogP contribution in [0.3, 0.4) is 0 Å². The molecule has 0 fully saturated rings. The standard InChI is InChI=1S/C16H11NO2S/c18-9-11-7-13-10(8-17-11)3-1-4-12-15-14(20-16(12)13)5-2-6-19-15/h1-8,18H,9H2. The number of thiophene rings is 1. The van der Waals surface area contributed by atoms with Crippen molar-refractivity contribution in [2.24, 2.45) is 0 Å². The monoisotopic (exact) mass is 281 g/mol. The predicted octanol–water partition coefficient (Wildman–Crippen LogP) is 1.42. The first-order chi connectivity index (χ1) is 9.86. The van der Waals surface area contributed by atoms with Crippen molar-refractivity contribution in [2.45, 2.75) is 6.61 Å². The lowest BCUT2D eigenvalue weighted by Crippen LogP contribution is -2.06. The number of nitrogens with zero attached hydrogens (tertiary/aromatic N) is 1. The predicted molar refractivity (Wildman–Crippen MR) is 79.1 cm³/mol. The molecule has 1 aliphatic carbocycles. The minimum Gasteiger partial charge on any atom is -0.463 e. The van der Waals surface area contributed by atoms with E-state index in [9.17, 15) is 5.11 Å². The van der Waals surface area contributed by atoms with Gasteiger partial charge in [0.05, 0.1) is 23.1 Å². The second-order valence-electron chi connectivity index (χ2n) is 4.60. The van der Waals surface area contributed by atoms with Gasteiger partial charge in [0.15, 0.2) is 5.75 Å². The zero-order valence-corrected chi connectivity index (χ0v) is 11.4. The number of aliphatic hydroxyl groups excluding tert-OH is 1. The SMILES string of the molecule is OCc1cc2c(cn1)=CC=Cc1c3c(sc1=2)=CC=CO3. The lowest BCUT2D eigenvalue weighted by atomic mass is 10.2. The number of rotatable bonds is 1. The van der Waals surface area contributed by atoms with Crippen LogP contribution in [0.25, 0.3) is 18.2 Å². The van der Waals surface area contributed by atoms with Crippen LogP contribution in [-0.2, 0) is 6.61 Å². The van der Waals surface area contributed by atoms with Gasteiger partial charge in [-0.2, -0.15) is 0 Å². The van der Waals surface area contributed by atoms with Gasteiger partial charge < -0.3 is 9.84 Å². The number of hydrogen-bond acceptors (Lipinski definition) is 4. The molecule has 3 heterocycles. The summed E-state index contributed by atoms with van der Waals surface area (Å²) in [6.45, 7) is -0.0503. The van der Waals surface area contributed by atoms with Crippen molar-refractivity contribution in [3.63, 3.8) is 0 Å². The zero-order chi connectivity index (χ0) is 13.5. The third-order valence-electron chi connectivity index (χ3n) is 3.37. The van der Waals surface area contributed by atoms with E-state index in [1.54, 1.807) is 17.6 Å². The smallest absolute Gasteiger partial charge is 0.152 e. The molecule has 0 bridgehead atoms. The molecule has 0 radical (unpaired) electrons. The average Bonchev–Trinajstić information content (AvgIpc) is 2.77. The van der Waals surface area contributed by atoms with Crippen LogP contribution < -0.4 is 14.5 Å². The van der Waals surface area contributed by atoms with Crippen LogP contribution in [0, 0.1) is 9.75 Å². The molecule has 0 unspecified atom stereocenters. The van der Waals surface area contributed by atoms with E-state index in [0.29, 0.717) is 5.69 Å². The van der Waals surface area contributed by atoms with Gasteiger partial charge in [0, 0.05) is 26.7 Å². The van der Waals surface area contributed by atoms with Crippen molar-refractivity contribution >= 4 is 29.6 Å². The Balaban J connectivity index is 2.25. The van der Waals surface area contributed by atoms with Crippen molar-refractivity contribution in [3.05, 3.63) is 61.4 Å². The summed E-state index contributed by atoms with van der Waals surface area (Å²) in [5.41, 5.74) is 1.77. The molecule has 2 aromatic heterocycles. The molecule has 2 aromatic rings. The van der Waals surface area contributed by atoms with Crippen molar-refractivity contribution in [2.75, 3.05) is 0 Å². The van der Waals surface area contributed by atoms with E-state index in [2.05, 4.69) is 17.1 Å². The first-order valence-electron chi connectivity index (χ1n) is 6.32. The number of allylic oxidation sites excluding steroid dienone is 2. The van der Waals surface area contributed by atoms with Crippen LogP contribution in [0.4, 0.5) is 0 Å². The molecule has 3 nitrogen and oxygen atoms in total. The fourth-order valence-electron chi connectivity index (χ4n) is 2.44. The van der Waals surface area contributed by atoms with Gasteiger partial charge in [0.1, 0.15) is 0 Å². The highest BCUT2D eigenvalue weighted by Gasteiger charge is 2.12. The lowest BCUT2D eigenvalue weighted by molar-refractivity contribution is 0.276. The number of pyridine rings is 1. The highest BCUT2D eigenvalue weighted by molar-refractivity contribution is 7.08. The Kier molecular flexibility index (Phi) is 2.58. The summed E-state index contributed by atoms with van der Waals surface area (Å²) in [7, 11) is 0. The first kappa shape index (κ1) is 11.6. The van der Waals surface area contributed by atoms with Gasteiger partial charge in [-0.15, -0.1) is 11.3 Å². The largest absolute Gasteiger partial charge is 0.463 e. The van der Waals surface area contributed by atoms with Crippen LogP contribution in [0.15, 0.2) is 30.7 Å². The van der Waals surface area contributed by atoms with Gasteiger partial charge >= 0.3 is 0 Å². The summed E-state index contributed by atoms with van der Waals surface area (Å²) in [5, 5.41) is 11.5. The number of hydrogen-bond donors (Lipinski definition) is 1. The molecule has 2 aliphatic rings. The molecule has 0 atom stereocenters. The molecule has 0 saturated heterocycles. The molecular weight excluding hydrogens is 270 g/mol. The Morgan fingerprint density at radius 2 is 2.20 bits per heavy atom. The quantitative estimate of drug-likeness (QED) is 0.859. The highest BCUT2D eigenvalue weighted by Crippen LogP contribution is 2.25. The van der Waals surface area contributed by atoms with E-state index in [1.807, 2.05) is 30.5 Å². The van der Waals surface area contributed by atoms with Crippen molar-refractivity contribution in [1.82, 2.24) is 4.98 Å². The van der Waals surface area contributed by atoms with Crippen molar-refractivity contribution in [3.8, 4) is 5.75 Å². The van der Waals surface area contributed by atoms with E-state index in [0.717, 1.165) is 30.8 Å². The van der Waals surface area contributed by atoms with Crippen molar-refractivity contribution in [1.29, 1.82) is 0 Å². The van der Waals surface area contributed by atoms with Crippen LogP contribution in [0.5, 0.6) is 5.75 Å². The summed E-state index contributed by atoms with van der Waals surface area (Å²) in [5.74, 6) is 0.910. The molecule has 0 aromatic carbocycles. The van der Waals surface area contributed by atoms with E-state index < -0.39 is 0 Å². The highest BCUT2D eigenvalue weighted by atomic mass is 32.1. The van der Waals surface area contributed by atoms with Gasteiger partial charge in [-0.05, 0) is 24.3 Å². The molecule has 0 amide bonds. The molecule has 4 rings (SSSR count). The Hall–Kier alpha value is -2.17. The van der Waals surface area contributed by atoms with Gasteiger partial charge in [-0.25, -0.2) is 0 Å². The third-order valence-corrected chi connectivity index (χ3v) is 4.56. The maximum absolute atomic E-state index is 9.29. The third kappa shape index (κ3) is 1.66. The van der Waals surface area contributed by atoms with E-state index in [1.165, 1.54) is 0 Å². The summed E-state index contributed by atoms with van der Waals surface area (Å²) in [6.07, 6.45) is 13.6. The number of fused-ring (bicyclic) bond motifs is 4. The molecular formula is C16H11NO2S. The fraction of sp³-hybridized carbons (Fsp3) is 0.0625. The lowest BCUT2D eigenvalue weighted by Gasteiger charge is -2.01. The van der Waals surface area contributed by atoms with E-state index in [4.69, 9.17) is 4.74 Å². The summed E-state index contributed by atoms with van der Waals surface area (Å²) in [6, 6.07) is 1.95. The maximum atomic E-state index is 9.29. The minimum absolute atomic E-state index is 0.0503. The molecule has 98 valence electrons.